The van der Waals surface area contributed by atoms with Crippen LogP contribution in [-0.4, -0.2) is 35.8 Å². The Bertz CT molecular complexity index is 853. The molecular weight excluding hydrogens is 358 g/mol. The van der Waals surface area contributed by atoms with Gasteiger partial charge in [0.15, 0.2) is 0 Å². The first kappa shape index (κ1) is 17.1. The molecule has 136 valence electrons. The molecule has 3 heterocycles. The fourth-order valence-electron chi connectivity index (χ4n) is 3.83. The molecule has 0 aliphatic carbocycles. The number of anilines is 1. The molecular formula is C19H18F2N2O2S. The van der Waals surface area contributed by atoms with E-state index >= 15 is 0 Å². The van der Waals surface area contributed by atoms with E-state index in [2.05, 4.69) is 0 Å². The second kappa shape index (κ2) is 6.79. The number of hydrogen-bond donors (Lipinski definition) is 0. The maximum absolute atomic E-state index is 14.1. The molecule has 2 aliphatic heterocycles. The summed E-state index contributed by atoms with van der Waals surface area (Å²) in [5.74, 6) is -1.72. The van der Waals surface area contributed by atoms with E-state index < -0.39 is 17.7 Å². The van der Waals surface area contributed by atoms with Gasteiger partial charge in [0.1, 0.15) is 17.7 Å². The number of fused-ring (bicyclic) bond motifs is 1. The van der Waals surface area contributed by atoms with Crippen LogP contribution in [0.5, 0.6) is 0 Å². The highest BCUT2D eigenvalue weighted by Crippen LogP contribution is 2.33. The Morgan fingerprint density at radius 1 is 1.15 bits per heavy atom. The number of benzene rings is 1. The van der Waals surface area contributed by atoms with Crippen molar-refractivity contribution in [1.82, 2.24) is 4.90 Å². The molecule has 4 rings (SSSR count). The Balaban J connectivity index is 1.63. The lowest BCUT2D eigenvalue weighted by Crippen LogP contribution is -2.49. The molecule has 1 fully saturated rings. The first-order chi connectivity index (χ1) is 12.6. The molecule has 0 saturated carbocycles. The van der Waals surface area contributed by atoms with E-state index in [0.717, 1.165) is 12.5 Å². The van der Waals surface area contributed by atoms with Crippen LogP contribution in [0.25, 0.3) is 0 Å². The molecule has 2 amide bonds. The number of amides is 2. The van der Waals surface area contributed by atoms with E-state index in [1.54, 1.807) is 17.0 Å². The van der Waals surface area contributed by atoms with Gasteiger partial charge in [-0.05, 0) is 43.2 Å². The van der Waals surface area contributed by atoms with Crippen LogP contribution >= 0.6 is 11.3 Å². The SMILES string of the molecule is O=C([C@@H]1CCCN1C(=O)c1cccs1)N1CCCc2c(F)cc(F)cc21. The number of carbonyl (C=O) groups is 2. The van der Waals surface area contributed by atoms with E-state index in [9.17, 15) is 18.4 Å². The second-order valence-electron chi connectivity index (χ2n) is 6.61. The molecule has 0 N–H and O–H groups in total. The summed E-state index contributed by atoms with van der Waals surface area (Å²) >= 11 is 1.34. The van der Waals surface area contributed by atoms with Crippen LogP contribution < -0.4 is 4.90 Å². The third-order valence-corrected chi connectivity index (χ3v) is 5.89. The molecule has 0 unspecified atom stereocenters. The van der Waals surface area contributed by atoms with Gasteiger partial charge in [-0.2, -0.15) is 0 Å². The monoisotopic (exact) mass is 376 g/mol. The van der Waals surface area contributed by atoms with E-state index in [4.69, 9.17) is 0 Å². The molecule has 1 aromatic heterocycles. The number of halogens is 2. The molecule has 4 nitrogen and oxygen atoms in total. The zero-order chi connectivity index (χ0) is 18.3. The van der Waals surface area contributed by atoms with Crippen LogP contribution in [0.3, 0.4) is 0 Å². The van der Waals surface area contributed by atoms with Crippen LogP contribution in [0.2, 0.25) is 0 Å². The minimum atomic E-state index is -0.695. The Morgan fingerprint density at radius 3 is 2.77 bits per heavy atom. The van der Waals surface area contributed by atoms with Crippen molar-refractivity contribution < 1.29 is 18.4 Å². The fraction of sp³-hybridized carbons (Fsp3) is 0.368. The molecule has 7 heteroatoms. The van der Waals surface area contributed by atoms with Crippen LogP contribution in [-0.2, 0) is 11.2 Å². The number of hydrogen-bond acceptors (Lipinski definition) is 3. The first-order valence-electron chi connectivity index (χ1n) is 8.70. The molecule has 0 radical (unpaired) electrons. The summed E-state index contributed by atoms with van der Waals surface area (Å²) in [5, 5.41) is 1.83. The molecule has 1 saturated heterocycles. The zero-order valence-corrected chi connectivity index (χ0v) is 14.9. The molecule has 0 bridgehead atoms. The van der Waals surface area contributed by atoms with Crippen molar-refractivity contribution in [2.75, 3.05) is 18.0 Å². The van der Waals surface area contributed by atoms with Gasteiger partial charge in [-0.25, -0.2) is 8.78 Å². The predicted molar refractivity (Wildman–Crippen MR) is 95.4 cm³/mol. The van der Waals surface area contributed by atoms with E-state index in [1.807, 2.05) is 5.38 Å². The maximum atomic E-state index is 14.1. The first-order valence-corrected chi connectivity index (χ1v) is 9.58. The van der Waals surface area contributed by atoms with Gasteiger partial charge in [0.25, 0.3) is 5.91 Å². The van der Waals surface area contributed by atoms with Crippen molar-refractivity contribution in [1.29, 1.82) is 0 Å². The van der Waals surface area contributed by atoms with Crippen molar-refractivity contribution in [3.8, 4) is 0 Å². The Hall–Kier alpha value is -2.28. The molecule has 26 heavy (non-hydrogen) atoms. The Kier molecular flexibility index (Phi) is 4.48. The highest BCUT2D eigenvalue weighted by molar-refractivity contribution is 7.12. The number of carbonyl (C=O) groups excluding carboxylic acids is 2. The summed E-state index contributed by atoms with van der Waals surface area (Å²) in [6.45, 7) is 0.928. The van der Waals surface area contributed by atoms with Crippen molar-refractivity contribution >= 4 is 28.8 Å². The van der Waals surface area contributed by atoms with Gasteiger partial charge >= 0.3 is 0 Å². The maximum Gasteiger partial charge on any atom is 0.264 e. The lowest BCUT2D eigenvalue weighted by Gasteiger charge is -2.34. The highest BCUT2D eigenvalue weighted by atomic mass is 32.1. The molecule has 2 aromatic rings. The van der Waals surface area contributed by atoms with Crippen molar-refractivity contribution in [2.45, 2.75) is 31.7 Å². The molecule has 2 aliphatic rings. The smallest absolute Gasteiger partial charge is 0.264 e. The summed E-state index contributed by atoms with van der Waals surface area (Å²) in [6, 6.07) is 5.04. The second-order valence-corrected chi connectivity index (χ2v) is 7.56. The van der Waals surface area contributed by atoms with Crippen molar-refractivity contribution in [2.24, 2.45) is 0 Å². The lowest BCUT2D eigenvalue weighted by molar-refractivity contribution is -0.122. The number of nitrogens with zero attached hydrogens (tertiary/aromatic N) is 2. The third-order valence-electron chi connectivity index (χ3n) is 5.03. The number of thiophene rings is 1. The molecule has 1 aromatic carbocycles. The summed E-state index contributed by atoms with van der Waals surface area (Å²) < 4.78 is 27.8. The topological polar surface area (TPSA) is 40.6 Å². The quantitative estimate of drug-likeness (QED) is 0.803. The minimum Gasteiger partial charge on any atom is -0.326 e. The fourth-order valence-corrected chi connectivity index (χ4v) is 4.51. The summed E-state index contributed by atoms with van der Waals surface area (Å²) in [4.78, 5) is 29.5. The van der Waals surface area contributed by atoms with E-state index in [1.165, 1.54) is 22.3 Å². The minimum absolute atomic E-state index is 0.154. The average molecular weight is 376 g/mol. The standard InChI is InChI=1S/C19H18F2N2O2S/c20-12-10-14(21)13-4-1-7-23(16(13)11-12)18(24)15-5-2-8-22(15)19(25)17-6-3-9-26-17/h3,6,9-11,15H,1-2,4-5,7-8H2/t15-/m0/s1. The van der Waals surface area contributed by atoms with Gasteiger partial charge in [0, 0.05) is 24.7 Å². The van der Waals surface area contributed by atoms with Crippen LogP contribution in [0, 0.1) is 11.6 Å². The molecule has 0 spiro atoms. The van der Waals surface area contributed by atoms with Crippen molar-refractivity contribution in [3.63, 3.8) is 0 Å². The highest BCUT2D eigenvalue weighted by Gasteiger charge is 2.39. The van der Waals surface area contributed by atoms with E-state index in [-0.39, 0.29) is 11.8 Å². The predicted octanol–water partition coefficient (Wildman–Crippen LogP) is 3.61. The Morgan fingerprint density at radius 2 is 2.00 bits per heavy atom. The van der Waals surface area contributed by atoms with Crippen molar-refractivity contribution in [3.05, 3.63) is 51.7 Å². The summed E-state index contributed by atoms with van der Waals surface area (Å²) in [7, 11) is 0. The van der Waals surface area contributed by atoms with Crippen LogP contribution in [0.1, 0.15) is 34.5 Å². The lowest BCUT2D eigenvalue weighted by atomic mass is 9.99. The number of likely N-dealkylation sites (tertiary alicyclic amines) is 1. The van der Waals surface area contributed by atoms with Crippen LogP contribution in [0.15, 0.2) is 29.6 Å². The zero-order valence-electron chi connectivity index (χ0n) is 14.1. The van der Waals surface area contributed by atoms with Gasteiger partial charge in [-0.3, -0.25) is 9.59 Å². The average Bonchev–Trinajstić information content (AvgIpc) is 3.32. The van der Waals surface area contributed by atoms with Gasteiger partial charge in [-0.1, -0.05) is 6.07 Å². The van der Waals surface area contributed by atoms with E-state index in [0.29, 0.717) is 48.5 Å². The van der Waals surface area contributed by atoms with Crippen LogP contribution in [0.4, 0.5) is 14.5 Å². The molecule has 1 atom stereocenters. The van der Waals surface area contributed by atoms with Gasteiger partial charge < -0.3 is 9.80 Å². The van der Waals surface area contributed by atoms with Gasteiger partial charge in [0.2, 0.25) is 5.91 Å². The summed E-state index contributed by atoms with van der Waals surface area (Å²) in [5.41, 5.74) is 0.675. The van der Waals surface area contributed by atoms with Gasteiger partial charge in [-0.15, -0.1) is 11.3 Å². The normalized spacial score (nSPS) is 19.5. The summed E-state index contributed by atoms with van der Waals surface area (Å²) in [6.07, 6.45) is 2.41. The van der Waals surface area contributed by atoms with Gasteiger partial charge in [0.05, 0.1) is 10.6 Å². The third kappa shape index (κ3) is 2.90. The number of rotatable bonds is 2. The Labute approximate surface area is 154 Å². The largest absolute Gasteiger partial charge is 0.326 e.